The van der Waals surface area contributed by atoms with Crippen LogP contribution >= 0.6 is 11.5 Å². The van der Waals surface area contributed by atoms with Crippen LogP contribution in [0.2, 0.25) is 0 Å². The second kappa shape index (κ2) is 6.61. The summed E-state index contributed by atoms with van der Waals surface area (Å²) in [4.78, 5) is 22.8. The number of alkyl carbamates (subject to hydrolysis) is 1. The van der Waals surface area contributed by atoms with Crippen LogP contribution in [0, 0.1) is 6.92 Å². The first kappa shape index (κ1) is 17.0. The van der Waals surface area contributed by atoms with Crippen LogP contribution < -0.4 is 16.4 Å². The number of hydrogen-bond acceptors (Lipinski definition) is 7. The monoisotopic (exact) mass is 316 g/mol. The predicted octanol–water partition coefficient (Wildman–Crippen LogP) is 1.42. The molecule has 21 heavy (non-hydrogen) atoms. The topological polar surface area (TPSA) is 127 Å². The molecule has 0 aliphatic rings. The molecule has 9 heteroatoms. The summed E-state index contributed by atoms with van der Waals surface area (Å²) in [6.45, 7) is 6.81. The van der Waals surface area contributed by atoms with E-state index in [2.05, 4.69) is 15.0 Å². The van der Waals surface area contributed by atoms with Crippen molar-refractivity contribution in [1.29, 1.82) is 0 Å². The molecule has 1 rings (SSSR count). The van der Waals surface area contributed by atoms with Crippen LogP contribution in [0.5, 0.6) is 0 Å². The predicted molar refractivity (Wildman–Crippen MR) is 80.5 cm³/mol. The third-order valence-electron chi connectivity index (χ3n) is 2.36. The zero-order valence-electron chi connectivity index (χ0n) is 12.4. The van der Waals surface area contributed by atoms with E-state index in [1.54, 1.807) is 27.7 Å². The molecule has 0 saturated carbocycles. The molecule has 8 nitrogen and oxygen atoms in total. The molecule has 1 atom stereocenters. The Bertz CT molecular complexity index is 524. The van der Waals surface area contributed by atoms with Crippen molar-refractivity contribution in [2.75, 3.05) is 17.6 Å². The van der Waals surface area contributed by atoms with Crippen molar-refractivity contribution in [3.05, 3.63) is 5.69 Å². The molecule has 0 bridgehead atoms. The van der Waals surface area contributed by atoms with E-state index in [9.17, 15) is 9.59 Å². The fourth-order valence-electron chi connectivity index (χ4n) is 1.35. The van der Waals surface area contributed by atoms with Gasteiger partial charge in [0, 0.05) is 6.54 Å². The number of aromatic nitrogens is 1. The number of nitrogens with two attached hydrogens (primary N) is 1. The summed E-state index contributed by atoms with van der Waals surface area (Å²) in [6, 6.07) is -1.14. The van der Waals surface area contributed by atoms with E-state index in [0.717, 1.165) is 11.5 Å². The number of anilines is 2. The van der Waals surface area contributed by atoms with Crippen LogP contribution in [0.4, 0.5) is 15.5 Å². The Balaban J connectivity index is 2.60. The molecule has 1 aromatic rings. The molecule has 0 saturated heterocycles. The highest BCUT2D eigenvalue weighted by Gasteiger charge is 2.24. The van der Waals surface area contributed by atoms with Crippen molar-refractivity contribution in [2.24, 2.45) is 0 Å². The maximum Gasteiger partial charge on any atom is 0.408 e. The van der Waals surface area contributed by atoms with Gasteiger partial charge in [0.2, 0.25) is 0 Å². The van der Waals surface area contributed by atoms with E-state index in [1.165, 1.54) is 0 Å². The van der Waals surface area contributed by atoms with Crippen LogP contribution in [0.1, 0.15) is 26.5 Å². The molecule has 1 aromatic heterocycles. The van der Waals surface area contributed by atoms with Gasteiger partial charge in [-0.1, -0.05) is 0 Å². The lowest BCUT2D eigenvalue weighted by Crippen LogP contribution is -2.47. The quantitative estimate of drug-likeness (QED) is 0.647. The van der Waals surface area contributed by atoms with Gasteiger partial charge in [-0.2, -0.15) is 4.37 Å². The Labute approximate surface area is 126 Å². The molecular weight excluding hydrogens is 296 g/mol. The number of carboxylic acid groups (broad SMARTS) is 1. The van der Waals surface area contributed by atoms with Crippen molar-refractivity contribution in [1.82, 2.24) is 9.69 Å². The van der Waals surface area contributed by atoms with E-state index in [1.807, 2.05) is 0 Å². The molecule has 1 heterocycles. The lowest BCUT2D eigenvalue weighted by atomic mass is 10.2. The van der Waals surface area contributed by atoms with Crippen molar-refractivity contribution >= 4 is 34.3 Å². The van der Waals surface area contributed by atoms with Crippen LogP contribution in [-0.4, -0.2) is 39.7 Å². The number of carbonyl (C=O) groups excluding carboxylic acids is 1. The van der Waals surface area contributed by atoms with Gasteiger partial charge in [0.25, 0.3) is 0 Å². The Kier molecular flexibility index (Phi) is 5.36. The summed E-state index contributed by atoms with van der Waals surface area (Å²) in [7, 11) is 0. The highest BCUT2D eigenvalue weighted by atomic mass is 32.1. The van der Waals surface area contributed by atoms with Gasteiger partial charge in [-0.3, -0.25) is 0 Å². The first-order valence-corrected chi connectivity index (χ1v) is 7.05. The summed E-state index contributed by atoms with van der Waals surface area (Å²) < 4.78 is 9.07. The zero-order valence-corrected chi connectivity index (χ0v) is 13.2. The Hall–Kier alpha value is -2.03. The molecule has 0 aromatic carbocycles. The van der Waals surface area contributed by atoms with Crippen LogP contribution in [0.25, 0.3) is 0 Å². The van der Waals surface area contributed by atoms with Gasteiger partial charge >= 0.3 is 12.1 Å². The second-order valence-electron chi connectivity index (χ2n) is 5.43. The SMILES string of the molecule is Cc1nsc(NCC(NC(=O)OC(C)(C)C)C(=O)O)c1N. The highest BCUT2D eigenvalue weighted by molar-refractivity contribution is 7.11. The third kappa shape index (κ3) is 5.46. The van der Waals surface area contributed by atoms with E-state index >= 15 is 0 Å². The van der Waals surface area contributed by atoms with E-state index in [4.69, 9.17) is 15.6 Å². The van der Waals surface area contributed by atoms with E-state index in [-0.39, 0.29) is 6.54 Å². The third-order valence-corrected chi connectivity index (χ3v) is 3.28. The molecule has 5 N–H and O–H groups in total. The fourth-order valence-corrected chi connectivity index (χ4v) is 2.07. The molecular formula is C12H20N4O4S. The lowest BCUT2D eigenvalue weighted by molar-refractivity contribution is -0.139. The number of carbonyl (C=O) groups is 2. The van der Waals surface area contributed by atoms with Crippen LogP contribution in [0.3, 0.4) is 0 Å². The van der Waals surface area contributed by atoms with Gasteiger partial charge in [0.05, 0.1) is 11.4 Å². The second-order valence-corrected chi connectivity index (χ2v) is 6.20. The minimum atomic E-state index is -1.17. The summed E-state index contributed by atoms with van der Waals surface area (Å²) in [5.41, 5.74) is 6.23. The number of nitrogens with one attached hydrogen (secondary N) is 2. The Morgan fingerprint density at radius 3 is 2.52 bits per heavy atom. The van der Waals surface area contributed by atoms with Crippen molar-refractivity contribution in [3.63, 3.8) is 0 Å². The molecule has 0 radical (unpaired) electrons. The molecule has 118 valence electrons. The fraction of sp³-hybridized carbons (Fsp3) is 0.583. The van der Waals surface area contributed by atoms with Gasteiger partial charge < -0.3 is 26.2 Å². The van der Waals surface area contributed by atoms with Gasteiger partial charge in [0.1, 0.15) is 16.6 Å². The average molecular weight is 316 g/mol. The van der Waals surface area contributed by atoms with Gasteiger partial charge in [0.15, 0.2) is 0 Å². The molecule has 0 fully saturated rings. The number of nitrogens with zero attached hydrogens (tertiary/aromatic N) is 1. The van der Waals surface area contributed by atoms with Crippen molar-refractivity contribution in [3.8, 4) is 0 Å². The molecule has 0 spiro atoms. The van der Waals surface area contributed by atoms with E-state index in [0.29, 0.717) is 16.4 Å². The maximum atomic E-state index is 11.6. The van der Waals surface area contributed by atoms with E-state index < -0.39 is 23.7 Å². The van der Waals surface area contributed by atoms with Crippen molar-refractivity contribution in [2.45, 2.75) is 39.3 Å². The smallest absolute Gasteiger partial charge is 0.408 e. The molecule has 1 unspecified atom stereocenters. The van der Waals surface area contributed by atoms with Gasteiger partial charge in [-0.15, -0.1) is 0 Å². The Morgan fingerprint density at radius 2 is 2.10 bits per heavy atom. The maximum absolute atomic E-state index is 11.6. The van der Waals surface area contributed by atoms with Gasteiger partial charge in [-0.25, -0.2) is 9.59 Å². The minimum absolute atomic E-state index is 0.0274. The largest absolute Gasteiger partial charge is 0.480 e. The first-order valence-electron chi connectivity index (χ1n) is 6.28. The standard InChI is InChI=1S/C12H20N4O4S/c1-6-8(13)9(21-16-6)14-5-7(10(17)18)15-11(19)20-12(2,3)4/h7,14H,5,13H2,1-4H3,(H,15,19)(H,17,18). The normalized spacial score (nSPS) is 12.6. The first-order chi connectivity index (χ1) is 9.60. The molecule has 0 aliphatic heterocycles. The molecule has 1 amide bonds. The number of ether oxygens (including phenoxy) is 1. The summed E-state index contributed by atoms with van der Waals surface area (Å²) in [6.07, 6.45) is -0.787. The van der Waals surface area contributed by atoms with Crippen molar-refractivity contribution < 1.29 is 19.4 Å². The average Bonchev–Trinajstić information content (AvgIpc) is 2.63. The number of aryl methyl sites for hydroxylation is 1. The lowest BCUT2D eigenvalue weighted by Gasteiger charge is -2.22. The van der Waals surface area contributed by atoms with Gasteiger partial charge in [-0.05, 0) is 39.2 Å². The number of nitrogen functional groups attached to an aromatic ring is 1. The zero-order chi connectivity index (χ0) is 16.2. The number of amides is 1. The number of carboxylic acids is 1. The highest BCUT2D eigenvalue weighted by Crippen LogP contribution is 2.26. The molecule has 0 aliphatic carbocycles. The van der Waals surface area contributed by atoms with Crippen LogP contribution in [0.15, 0.2) is 0 Å². The number of hydrogen-bond donors (Lipinski definition) is 4. The summed E-state index contributed by atoms with van der Waals surface area (Å²) in [5, 5.41) is 14.8. The summed E-state index contributed by atoms with van der Waals surface area (Å²) in [5.74, 6) is -1.17. The minimum Gasteiger partial charge on any atom is -0.480 e. The Morgan fingerprint density at radius 1 is 1.48 bits per heavy atom. The van der Waals surface area contributed by atoms with Crippen LogP contribution in [-0.2, 0) is 9.53 Å². The number of aliphatic carboxylic acids is 1. The number of rotatable bonds is 5. The summed E-state index contributed by atoms with van der Waals surface area (Å²) >= 11 is 1.14.